The average molecular weight is 463 g/mol. The van der Waals surface area contributed by atoms with Gasteiger partial charge in [-0.25, -0.2) is 12.8 Å². The number of oxime groups is 1. The molecule has 1 atom stereocenters. The van der Waals surface area contributed by atoms with E-state index in [0.29, 0.717) is 37.7 Å². The van der Waals surface area contributed by atoms with Crippen molar-refractivity contribution in [1.29, 1.82) is 0 Å². The van der Waals surface area contributed by atoms with E-state index in [9.17, 15) is 12.8 Å². The van der Waals surface area contributed by atoms with Gasteiger partial charge in [0.05, 0.1) is 16.3 Å². The van der Waals surface area contributed by atoms with E-state index in [1.54, 1.807) is 6.07 Å². The fraction of sp³-hybridized carbons (Fsp3) is 0.522. The van der Waals surface area contributed by atoms with Crippen molar-refractivity contribution in [2.45, 2.75) is 49.6 Å². The van der Waals surface area contributed by atoms with Gasteiger partial charge in [0.1, 0.15) is 11.9 Å². The molecule has 174 valence electrons. The summed E-state index contributed by atoms with van der Waals surface area (Å²) >= 11 is 0. The number of hydrogen-bond donors (Lipinski definition) is 1. The quantitative estimate of drug-likeness (QED) is 0.662. The lowest BCUT2D eigenvalue weighted by atomic mass is 10.0. The van der Waals surface area contributed by atoms with Crippen LogP contribution in [0.1, 0.15) is 44.3 Å². The lowest BCUT2D eigenvalue weighted by Crippen LogP contribution is -2.38. The molecule has 2 aliphatic heterocycles. The lowest BCUT2D eigenvalue weighted by Gasteiger charge is -2.35. The molecule has 0 bridgehead atoms. The third-order valence-corrected chi connectivity index (χ3v) is 7.57. The first-order valence-electron chi connectivity index (χ1n) is 11.1. The first-order valence-corrected chi connectivity index (χ1v) is 13.0. The molecule has 2 aliphatic rings. The van der Waals surface area contributed by atoms with Crippen LogP contribution in [0.15, 0.2) is 46.6 Å². The van der Waals surface area contributed by atoms with Gasteiger partial charge in [0.2, 0.25) is 0 Å². The molecule has 1 N–H and O–H groups in total. The summed E-state index contributed by atoms with van der Waals surface area (Å²) in [5.74, 6) is -0.509. The highest BCUT2D eigenvalue weighted by atomic mass is 32.2. The summed E-state index contributed by atoms with van der Waals surface area (Å²) in [6, 6.07) is 8.63. The summed E-state index contributed by atoms with van der Waals surface area (Å²) in [5.41, 5.74) is 2.66. The van der Waals surface area contributed by atoms with Gasteiger partial charge in [0.25, 0.3) is 0 Å². The number of piperidine rings is 2. The van der Waals surface area contributed by atoms with Gasteiger partial charge in [0, 0.05) is 63.2 Å². The van der Waals surface area contributed by atoms with Gasteiger partial charge < -0.3 is 14.7 Å². The third kappa shape index (κ3) is 5.32. The molecule has 2 fully saturated rings. The van der Waals surface area contributed by atoms with Crippen LogP contribution < -0.4 is 4.90 Å². The Morgan fingerprint density at radius 2 is 1.88 bits per heavy atom. The number of nitrogens with one attached hydrogen (secondary N) is 1. The summed E-state index contributed by atoms with van der Waals surface area (Å²) in [7, 11) is -3.42. The molecule has 32 heavy (non-hydrogen) atoms. The summed E-state index contributed by atoms with van der Waals surface area (Å²) in [6.45, 7) is 5.43. The van der Waals surface area contributed by atoms with Crippen LogP contribution in [0.2, 0.25) is 0 Å². The Hall–Kier alpha value is -2.39. The highest BCUT2D eigenvalue weighted by Crippen LogP contribution is 2.26. The second-order valence-electron chi connectivity index (χ2n) is 8.67. The Bertz CT molecular complexity index is 1040. The highest BCUT2D eigenvalue weighted by Gasteiger charge is 2.26. The van der Waals surface area contributed by atoms with Gasteiger partial charge in [-0.05, 0) is 50.1 Å². The van der Waals surface area contributed by atoms with Crippen LogP contribution in [0.4, 0.5) is 10.1 Å². The number of benzene rings is 1. The fourth-order valence-electron chi connectivity index (χ4n) is 4.39. The Labute approximate surface area is 189 Å². The normalized spacial score (nSPS) is 19.7. The molecule has 7 nitrogen and oxygen atoms in total. The maximum absolute atomic E-state index is 14.5. The zero-order valence-electron chi connectivity index (χ0n) is 18.6. The number of aromatic nitrogens is 1. The summed E-state index contributed by atoms with van der Waals surface area (Å²) < 4.78 is 37.7. The molecule has 2 saturated heterocycles. The minimum Gasteiger partial charge on any atom is -0.392 e. The van der Waals surface area contributed by atoms with Gasteiger partial charge in [0.15, 0.2) is 9.84 Å². The Kier molecular flexibility index (Phi) is 6.85. The molecule has 1 unspecified atom stereocenters. The number of aromatic amines is 1. The van der Waals surface area contributed by atoms with Crippen molar-refractivity contribution in [1.82, 2.24) is 9.88 Å². The fourth-order valence-corrected chi connectivity index (χ4v) is 5.02. The van der Waals surface area contributed by atoms with Gasteiger partial charge >= 0.3 is 0 Å². The molecular formula is C23H31FN4O3S. The van der Waals surface area contributed by atoms with Crippen LogP contribution in [-0.4, -0.2) is 62.6 Å². The molecule has 2 aromatic rings. The number of rotatable bonds is 6. The predicted molar refractivity (Wildman–Crippen MR) is 123 cm³/mol. The van der Waals surface area contributed by atoms with Gasteiger partial charge in [-0.15, -0.1) is 0 Å². The zero-order valence-corrected chi connectivity index (χ0v) is 19.4. The number of H-pyrrole nitrogens is 1. The number of sulfone groups is 1. The van der Waals surface area contributed by atoms with E-state index in [4.69, 9.17) is 4.84 Å². The lowest BCUT2D eigenvalue weighted by molar-refractivity contribution is 0.00139. The minimum absolute atomic E-state index is 0.000232. The molecule has 0 saturated carbocycles. The maximum atomic E-state index is 14.5. The predicted octanol–water partition coefficient (Wildman–Crippen LogP) is 3.76. The van der Waals surface area contributed by atoms with Crippen molar-refractivity contribution >= 4 is 21.2 Å². The van der Waals surface area contributed by atoms with Crippen LogP contribution in [0.3, 0.4) is 0 Å². The van der Waals surface area contributed by atoms with Gasteiger partial charge in [-0.2, -0.15) is 0 Å². The van der Waals surface area contributed by atoms with Gasteiger partial charge in [-0.1, -0.05) is 5.16 Å². The second-order valence-corrected chi connectivity index (χ2v) is 10.7. The minimum atomic E-state index is -3.42. The maximum Gasteiger partial charge on any atom is 0.175 e. The number of hydrogen-bond acceptors (Lipinski definition) is 6. The Balaban J connectivity index is 1.25. The molecule has 1 aromatic heterocycles. The van der Waals surface area contributed by atoms with E-state index >= 15 is 0 Å². The third-order valence-electron chi connectivity index (χ3n) is 6.46. The summed E-state index contributed by atoms with van der Waals surface area (Å²) in [5, 5.41) is 4.42. The highest BCUT2D eigenvalue weighted by molar-refractivity contribution is 7.90. The molecule has 0 amide bonds. The number of anilines is 1. The average Bonchev–Trinajstić information content (AvgIpc) is 3.32. The molecule has 0 aliphatic carbocycles. The SMILES string of the molecule is CC(c1ccc[nH]1)N1CCC(ON=C2CCN(c3ccc(S(C)(=O)=O)cc3F)CC2)CC1. The summed E-state index contributed by atoms with van der Waals surface area (Å²) in [4.78, 5) is 13.5. The van der Waals surface area contributed by atoms with E-state index in [1.165, 1.54) is 11.8 Å². The Morgan fingerprint density at radius 1 is 1.16 bits per heavy atom. The first kappa shape index (κ1) is 22.8. The van der Waals surface area contributed by atoms with Crippen molar-refractivity contribution in [3.63, 3.8) is 0 Å². The number of likely N-dealkylation sites (tertiary alicyclic amines) is 1. The van der Waals surface area contributed by atoms with Crippen LogP contribution in [0.25, 0.3) is 0 Å². The number of nitrogens with zero attached hydrogens (tertiary/aromatic N) is 3. The zero-order chi connectivity index (χ0) is 22.7. The van der Waals surface area contributed by atoms with E-state index in [2.05, 4.69) is 28.0 Å². The van der Waals surface area contributed by atoms with Crippen LogP contribution in [0, 0.1) is 5.82 Å². The Morgan fingerprint density at radius 3 is 2.47 bits per heavy atom. The molecule has 3 heterocycles. The number of halogens is 1. The molecule has 0 spiro atoms. The second kappa shape index (κ2) is 9.62. The molecule has 0 radical (unpaired) electrons. The van der Waals surface area contributed by atoms with E-state index in [-0.39, 0.29) is 11.0 Å². The van der Waals surface area contributed by atoms with Crippen molar-refractivity contribution in [2.24, 2.45) is 5.16 Å². The van der Waals surface area contributed by atoms with Crippen LogP contribution >= 0.6 is 0 Å². The largest absolute Gasteiger partial charge is 0.392 e. The molecule has 4 rings (SSSR count). The summed E-state index contributed by atoms with van der Waals surface area (Å²) in [6.07, 6.45) is 6.48. The topological polar surface area (TPSA) is 78.0 Å². The molecule has 1 aromatic carbocycles. The van der Waals surface area contributed by atoms with E-state index in [1.807, 2.05) is 17.2 Å². The van der Waals surface area contributed by atoms with Gasteiger partial charge in [-0.3, -0.25) is 4.90 Å². The first-order chi connectivity index (χ1) is 15.3. The van der Waals surface area contributed by atoms with Crippen LogP contribution in [-0.2, 0) is 14.7 Å². The van der Waals surface area contributed by atoms with Crippen LogP contribution in [0.5, 0.6) is 0 Å². The monoisotopic (exact) mass is 462 g/mol. The van der Waals surface area contributed by atoms with E-state index in [0.717, 1.165) is 44.0 Å². The molecular weight excluding hydrogens is 431 g/mol. The van der Waals surface area contributed by atoms with Crippen molar-refractivity contribution < 1.29 is 17.6 Å². The van der Waals surface area contributed by atoms with Crippen molar-refractivity contribution in [2.75, 3.05) is 37.3 Å². The standard InChI is InChI=1S/C23H31FN4O3S/c1-17(22-4-3-11-25-22)27-14-9-19(10-15-27)31-26-18-7-12-28(13-8-18)23-6-5-20(16-21(23)24)32(2,29)30/h3-6,11,16-17,19,25H,7-10,12-15H2,1-2H3. The van der Waals surface area contributed by atoms with E-state index < -0.39 is 15.7 Å². The van der Waals surface area contributed by atoms with Crippen molar-refractivity contribution in [3.05, 3.63) is 48.0 Å². The molecule has 9 heteroatoms. The van der Waals surface area contributed by atoms with Crippen molar-refractivity contribution in [3.8, 4) is 0 Å². The smallest absolute Gasteiger partial charge is 0.175 e.